The van der Waals surface area contributed by atoms with E-state index in [-0.39, 0.29) is 37.6 Å². The molecule has 1 atom stereocenters. The minimum Gasteiger partial charge on any atom is -0.454 e. The number of ether oxygens (including phenoxy) is 2. The maximum Gasteiger partial charge on any atom is 0.231 e. The molecule has 1 saturated heterocycles. The predicted molar refractivity (Wildman–Crippen MR) is 103 cm³/mol. The van der Waals surface area contributed by atoms with Crippen LogP contribution in [0.2, 0.25) is 5.02 Å². The quantitative estimate of drug-likeness (QED) is 0.832. The Balaban J connectivity index is 0.00000104. The monoisotopic (exact) mass is 408 g/mol. The van der Waals surface area contributed by atoms with Gasteiger partial charge in [0.25, 0.3) is 0 Å². The first-order valence-corrected chi connectivity index (χ1v) is 8.66. The lowest BCUT2D eigenvalue weighted by Crippen LogP contribution is -2.45. The van der Waals surface area contributed by atoms with Gasteiger partial charge in [-0.2, -0.15) is 0 Å². The highest BCUT2D eigenvalue weighted by Crippen LogP contribution is 2.43. The van der Waals surface area contributed by atoms with Crippen molar-refractivity contribution < 1.29 is 9.47 Å². The highest BCUT2D eigenvalue weighted by molar-refractivity contribution is 7.10. The van der Waals surface area contributed by atoms with Gasteiger partial charge in [0.1, 0.15) is 0 Å². The van der Waals surface area contributed by atoms with Crippen molar-refractivity contribution in [2.24, 2.45) is 0 Å². The number of halogens is 3. The molecular weight excluding hydrogens is 391 g/mol. The molecule has 0 amide bonds. The highest BCUT2D eigenvalue weighted by atomic mass is 35.5. The van der Waals surface area contributed by atoms with E-state index in [1.54, 1.807) is 11.3 Å². The molecule has 8 heteroatoms. The van der Waals surface area contributed by atoms with Crippen LogP contribution in [-0.2, 0) is 0 Å². The third kappa shape index (κ3) is 3.77. The number of piperazine rings is 1. The van der Waals surface area contributed by atoms with Gasteiger partial charge in [-0.25, -0.2) is 0 Å². The van der Waals surface area contributed by atoms with E-state index in [1.807, 2.05) is 12.1 Å². The molecule has 0 aliphatic carbocycles. The molecule has 24 heavy (non-hydrogen) atoms. The van der Waals surface area contributed by atoms with Gasteiger partial charge in [0.15, 0.2) is 11.5 Å². The van der Waals surface area contributed by atoms with Gasteiger partial charge < -0.3 is 14.8 Å². The third-order valence-electron chi connectivity index (χ3n) is 4.12. The van der Waals surface area contributed by atoms with E-state index in [9.17, 15) is 0 Å². The topological polar surface area (TPSA) is 33.7 Å². The Labute approximate surface area is 162 Å². The molecule has 0 radical (unpaired) electrons. The number of thiophene rings is 1. The molecule has 0 saturated carbocycles. The molecule has 1 aromatic heterocycles. The van der Waals surface area contributed by atoms with Crippen LogP contribution in [0.15, 0.2) is 29.6 Å². The first-order chi connectivity index (χ1) is 10.8. The maximum atomic E-state index is 6.57. The lowest BCUT2D eigenvalue weighted by atomic mass is 10.0. The Morgan fingerprint density at radius 2 is 1.83 bits per heavy atom. The van der Waals surface area contributed by atoms with Crippen molar-refractivity contribution in [2.75, 3.05) is 33.0 Å². The molecule has 3 heterocycles. The summed E-state index contributed by atoms with van der Waals surface area (Å²) in [6.07, 6.45) is 0. The Bertz CT molecular complexity index is 664. The summed E-state index contributed by atoms with van der Waals surface area (Å²) in [5.74, 6) is 1.52. The molecular formula is C16H19Cl3N2O2S. The SMILES string of the molecule is Cl.Cl.Clc1cc2c(cc1[C@@H](c1cccs1)N1CCNCC1)OCO2. The minimum absolute atomic E-state index is 0. The molecule has 2 aromatic rings. The Hall–Kier alpha value is -0.690. The fourth-order valence-corrected chi connectivity index (χ4v) is 4.19. The van der Waals surface area contributed by atoms with Gasteiger partial charge in [-0.15, -0.1) is 36.2 Å². The van der Waals surface area contributed by atoms with E-state index in [0.717, 1.165) is 48.3 Å². The van der Waals surface area contributed by atoms with Gasteiger partial charge in [0.2, 0.25) is 6.79 Å². The van der Waals surface area contributed by atoms with Crippen molar-refractivity contribution >= 4 is 47.8 Å². The van der Waals surface area contributed by atoms with Crippen LogP contribution in [0.4, 0.5) is 0 Å². The molecule has 132 valence electrons. The van der Waals surface area contributed by atoms with Gasteiger partial charge >= 0.3 is 0 Å². The first-order valence-electron chi connectivity index (χ1n) is 7.40. The van der Waals surface area contributed by atoms with Crippen molar-refractivity contribution in [3.05, 3.63) is 45.1 Å². The minimum atomic E-state index is 0. The Morgan fingerprint density at radius 3 is 2.50 bits per heavy atom. The van der Waals surface area contributed by atoms with Crippen molar-refractivity contribution in [2.45, 2.75) is 6.04 Å². The smallest absolute Gasteiger partial charge is 0.231 e. The number of rotatable bonds is 3. The van der Waals surface area contributed by atoms with E-state index in [1.165, 1.54) is 4.88 Å². The Morgan fingerprint density at radius 1 is 1.12 bits per heavy atom. The number of nitrogens with one attached hydrogen (secondary N) is 1. The van der Waals surface area contributed by atoms with Crippen LogP contribution in [0.5, 0.6) is 11.5 Å². The van der Waals surface area contributed by atoms with Gasteiger partial charge in [-0.1, -0.05) is 17.7 Å². The van der Waals surface area contributed by atoms with Crippen LogP contribution in [-0.4, -0.2) is 37.9 Å². The normalized spacial score (nSPS) is 17.7. The van der Waals surface area contributed by atoms with Crippen molar-refractivity contribution in [3.63, 3.8) is 0 Å². The largest absolute Gasteiger partial charge is 0.454 e. The second kappa shape index (κ2) is 8.61. The van der Waals surface area contributed by atoms with Gasteiger partial charge in [-0.05, 0) is 23.1 Å². The van der Waals surface area contributed by atoms with E-state index in [2.05, 4.69) is 27.7 Å². The first kappa shape index (κ1) is 19.6. The molecule has 0 unspecified atom stereocenters. The molecule has 1 fully saturated rings. The standard InChI is InChI=1S/C16H17ClN2O2S.2ClH/c17-12-9-14-13(20-10-21-14)8-11(12)16(15-2-1-7-22-15)19-5-3-18-4-6-19;;/h1-2,7-9,16,18H,3-6,10H2;2*1H/t16-;;/m0../s1. The van der Waals surface area contributed by atoms with E-state index < -0.39 is 0 Å². The second-order valence-corrected chi connectivity index (χ2v) is 6.82. The molecule has 2 aliphatic rings. The number of hydrogen-bond donors (Lipinski definition) is 1. The molecule has 1 aromatic carbocycles. The summed E-state index contributed by atoms with van der Waals surface area (Å²) in [6.45, 7) is 4.29. The average molecular weight is 410 g/mol. The van der Waals surface area contributed by atoms with Gasteiger partial charge in [0, 0.05) is 42.1 Å². The van der Waals surface area contributed by atoms with Crippen molar-refractivity contribution in [1.82, 2.24) is 10.2 Å². The third-order valence-corrected chi connectivity index (χ3v) is 5.37. The summed E-state index contributed by atoms with van der Waals surface area (Å²) >= 11 is 8.33. The number of benzene rings is 1. The number of hydrogen-bond acceptors (Lipinski definition) is 5. The molecule has 0 bridgehead atoms. The number of nitrogens with zero attached hydrogens (tertiary/aromatic N) is 1. The van der Waals surface area contributed by atoms with E-state index in [4.69, 9.17) is 21.1 Å². The molecule has 4 rings (SSSR count). The summed E-state index contributed by atoms with van der Waals surface area (Å²) in [4.78, 5) is 3.79. The van der Waals surface area contributed by atoms with Crippen LogP contribution in [0.3, 0.4) is 0 Å². The maximum absolute atomic E-state index is 6.57. The van der Waals surface area contributed by atoms with E-state index in [0.29, 0.717) is 0 Å². The fraction of sp³-hybridized carbons (Fsp3) is 0.375. The molecule has 1 N–H and O–H groups in total. The summed E-state index contributed by atoms with van der Waals surface area (Å²) < 4.78 is 11.0. The summed E-state index contributed by atoms with van der Waals surface area (Å²) in [7, 11) is 0. The summed E-state index contributed by atoms with van der Waals surface area (Å²) in [5, 5.41) is 6.26. The summed E-state index contributed by atoms with van der Waals surface area (Å²) in [6, 6.07) is 8.36. The summed E-state index contributed by atoms with van der Waals surface area (Å²) in [5.41, 5.74) is 1.09. The zero-order valence-corrected chi connectivity index (χ0v) is 16.1. The van der Waals surface area contributed by atoms with Gasteiger partial charge in [-0.3, -0.25) is 4.90 Å². The fourth-order valence-electron chi connectivity index (χ4n) is 3.06. The van der Waals surface area contributed by atoms with Crippen LogP contribution < -0.4 is 14.8 Å². The predicted octanol–water partition coefficient (Wildman–Crippen LogP) is 3.97. The molecule has 0 spiro atoms. The van der Waals surface area contributed by atoms with Crippen LogP contribution in [0.25, 0.3) is 0 Å². The van der Waals surface area contributed by atoms with Crippen LogP contribution in [0.1, 0.15) is 16.5 Å². The van der Waals surface area contributed by atoms with Crippen molar-refractivity contribution in [3.8, 4) is 11.5 Å². The number of fused-ring (bicyclic) bond motifs is 1. The lowest BCUT2D eigenvalue weighted by molar-refractivity contribution is 0.173. The molecule has 4 nitrogen and oxygen atoms in total. The molecule has 2 aliphatic heterocycles. The lowest BCUT2D eigenvalue weighted by Gasteiger charge is -2.35. The average Bonchev–Trinajstić information content (AvgIpc) is 3.20. The second-order valence-electron chi connectivity index (χ2n) is 5.43. The van der Waals surface area contributed by atoms with E-state index >= 15 is 0 Å². The highest BCUT2D eigenvalue weighted by Gasteiger charge is 2.28. The van der Waals surface area contributed by atoms with Gasteiger partial charge in [0.05, 0.1) is 6.04 Å². The Kier molecular flexibility index (Phi) is 7.04. The zero-order valence-electron chi connectivity index (χ0n) is 12.9. The van der Waals surface area contributed by atoms with Crippen molar-refractivity contribution in [1.29, 1.82) is 0 Å². The van der Waals surface area contributed by atoms with Crippen LogP contribution in [0, 0.1) is 0 Å². The zero-order chi connectivity index (χ0) is 14.9. The van der Waals surface area contributed by atoms with Crippen LogP contribution >= 0.6 is 47.8 Å².